The molecule has 0 aromatic heterocycles. The number of rotatable bonds is 4. The van der Waals surface area contributed by atoms with Gasteiger partial charge in [0.2, 0.25) is 0 Å². The molecule has 2 rings (SSSR count). The van der Waals surface area contributed by atoms with Crippen LogP contribution in [0.3, 0.4) is 0 Å². The van der Waals surface area contributed by atoms with E-state index >= 15 is 0 Å². The maximum Gasteiger partial charge on any atom is 0.340 e. The van der Waals surface area contributed by atoms with Crippen LogP contribution in [0.2, 0.25) is 0 Å². The lowest BCUT2D eigenvalue weighted by atomic mass is 9.95. The van der Waals surface area contributed by atoms with Crippen molar-refractivity contribution in [2.24, 2.45) is 0 Å². The Morgan fingerprint density at radius 2 is 2.19 bits per heavy atom. The summed E-state index contributed by atoms with van der Waals surface area (Å²) in [5.41, 5.74) is 1.24. The molecule has 0 spiro atoms. The second-order valence-corrected chi connectivity index (χ2v) is 4.50. The first-order chi connectivity index (χ1) is 10.0. The fourth-order valence-electron chi connectivity index (χ4n) is 2.11. The van der Waals surface area contributed by atoms with E-state index in [1.807, 2.05) is 0 Å². The molecule has 1 aliphatic heterocycles. The first-order valence-electron chi connectivity index (χ1n) is 6.26. The molecule has 0 aliphatic carbocycles. The number of amides is 2. The van der Waals surface area contributed by atoms with Crippen molar-refractivity contribution in [3.63, 3.8) is 0 Å². The molecule has 3 N–H and O–H groups in total. The number of hydrogen-bond donors (Lipinski definition) is 3. The van der Waals surface area contributed by atoms with Gasteiger partial charge < -0.3 is 25.2 Å². The zero-order valence-electron chi connectivity index (χ0n) is 11.7. The monoisotopic (exact) mass is 292 g/mol. The molecule has 0 saturated heterocycles. The number of phenols is 1. The largest absolute Gasteiger partial charge is 0.508 e. The third kappa shape index (κ3) is 3.32. The number of ether oxygens (including phenoxy) is 2. The van der Waals surface area contributed by atoms with Crippen molar-refractivity contribution >= 4 is 12.0 Å². The summed E-state index contributed by atoms with van der Waals surface area (Å²) >= 11 is 0. The van der Waals surface area contributed by atoms with Crippen molar-refractivity contribution in [2.75, 3.05) is 13.9 Å². The maximum absolute atomic E-state index is 12.1. The summed E-state index contributed by atoms with van der Waals surface area (Å²) in [7, 11) is 1.40. The van der Waals surface area contributed by atoms with Gasteiger partial charge in [-0.05, 0) is 24.6 Å². The Labute approximate surface area is 121 Å². The van der Waals surface area contributed by atoms with Crippen LogP contribution in [0.5, 0.6) is 5.75 Å². The number of urea groups is 1. The van der Waals surface area contributed by atoms with Gasteiger partial charge in [0.1, 0.15) is 5.75 Å². The van der Waals surface area contributed by atoms with Crippen LogP contribution in [0.25, 0.3) is 0 Å². The van der Waals surface area contributed by atoms with Gasteiger partial charge in [-0.1, -0.05) is 12.1 Å². The Bertz CT molecular complexity index is 597. The highest BCUT2D eigenvalue weighted by atomic mass is 16.7. The second-order valence-electron chi connectivity index (χ2n) is 4.50. The predicted octanol–water partition coefficient (Wildman–Crippen LogP) is 1.17. The number of phenolic OH excluding ortho intramolecular Hbond substituents is 1. The van der Waals surface area contributed by atoms with Crippen LogP contribution in [0, 0.1) is 0 Å². The Morgan fingerprint density at radius 3 is 2.86 bits per heavy atom. The number of aromatic hydroxyl groups is 1. The molecule has 7 heteroatoms. The van der Waals surface area contributed by atoms with Crippen LogP contribution >= 0.6 is 0 Å². The van der Waals surface area contributed by atoms with Crippen LogP contribution in [0.15, 0.2) is 35.5 Å². The van der Waals surface area contributed by atoms with Crippen molar-refractivity contribution in [1.29, 1.82) is 0 Å². The highest BCUT2D eigenvalue weighted by molar-refractivity contribution is 5.95. The summed E-state index contributed by atoms with van der Waals surface area (Å²) in [6.45, 7) is 1.42. The summed E-state index contributed by atoms with van der Waals surface area (Å²) in [5.74, 6) is -0.558. The van der Waals surface area contributed by atoms with E-state index in [0.29, 0.717) is 11.3 Å². The van der Waals surface area contributed by atoms with Gasteiger partial charge in [0.15, 0.2) is 6.79 Å². The molecule has 0 bridgehead atoms. The summed E-state index contributed by atoms with van der Waals surface area (Å²) in [6, 6.07) is 5.19. The van der Waals surface area contributed by atoms with Gasteiger partial charge in [0.05, 0.1) is 11.6 Å². The summed E-state index contributed by atoms with van der Waals surface area (Å²) < 4.78 is 9.65. The van der Waals surface area contributed by atoms with Crippen LogP contribution in [0.4, 0.5) is 4.79 Å². The van der Waals surface area contributed by atoms with E-state index < -0.39 is 18.0 Å². The number of carbonyl (C=O) groups is 2. The van der Waals surface area contributed by atoms with Crippen LogP contribution in [0.1, 0.15) is 18.5 Å². The minimum absolute atomic E-state index is 0.0440. The Kier molecular flexibility index (Phi) is 4.44. The van der Waals surface area contributed by atoms with Gasteiger partial charge in [0.25, 0.3) is 0 Å². The lowest BCUT2D eigenvalue weighted by Crippen LogP contribution is -2.45. The van der Waals surface area contributed by atoms with E-state index in [1.54, 1.807) is 19.1 Å². The van der Waals surface area contributed by atoms with Gasteiger partial charge in [-0.25, -0.2) is 9.59 Å². The molecular weight excluding hydrogens is 276 g/mol. The summed E-state index contributed by atoms with van der Waals surface area (Å²) in [6.07, 6.45) is 0. The molecular formula is C14H16N2O5. The molecule has 1 aliphatic rings. The molecule has 1 unspecified atom stereocenters. The third-order valence-electron chi connectivity index (χ3n) is 3.00. The smallest absolute Gasteiger partial charge is 0.340 e. The highest BCUT2D eigenvalue weighted by Gasteiger charge is 2.32. The highest BCUT2D eigenvalue weighted by Crippen LogP contribution is 2.29. The number of hydrogen-bond acceptors (Lipinski definition) is 5. The van der Waals surface area contributed by atoms with E-state index in [-0.39, 0.29) is 18.1 Å². The Morgan fingerprint density at radius 1 is 1.43 bits per heavy atom. The van der Waals surface area contributed by atoms with E-state index in [2.05, 4.69) is 10.6 Å². The minimum Gasteiger partial charge on any atom is -0.508 e. The third-order valence-corrected chi connectivity index (χ3v) is 3.00. The topological polar surface area (TPSA) is 96.9 Å². The number of benzene rings is 1. The quantitative estimate of drug-likeness (QED) is 0.571. The Hall–Kier alpha value is -2.54. The van der Waals surface area contributed by atoms with Crippen molar-refractivity contribution in [2.45, 2.75) is 13.0 Å². The fraction of sp³-hybridized carbons (Fsp3) is 0.286. The number of nitrogens with one attached hydrogen (secondary N) is 2. The maximum atomic E-state index is 12.1. The van der Waals surface area contributed by atoms with Crippen molar-refractivity contribution in [1.82, 2.24) is 10.6 Å². The molecule has 0 radical (unpaired) electrons. The van der Waals surface area contributed by atoms with Gasteiger partial charge in [-0.3, -0.25) is 0 Å². The first-order valence-corrected chi connectivity index (χ1v) is 6.26. The van der Waals surface area contributed by atoms with Crippen molar-refractivity contribution in [3.8, 4) is 5.75 Å². The molecule has 0 saturated carbocycles. The van der Waals surface area contributed by atoms with Gasteiger partial charge in [0, 0.05) is 12.8 Å². The van der Waals surface area contributed by atoms with Crippen LogP contribution < -0.4 is 10.6 Å². The van der Waals surface area contributed by atoms with Crippen molar-refractivity contribution in [3.05, 3.63) is 41.1 Å². The molecule has 1 aromatic rings. The Balaban J connectivity index is 2.38. The zero-order chi connectivity index (χ0) is 15.4. The average molecular weight is 292 g/mol. The minimum atomic E-state index is -0.699. The standard InChI is InChI=1S/C14H16N2O5/c1-8-11(13(18)21-7-20-2)12(16-14(19)15-8)9-4-3-5-10(17)6-9/h3-6,12,17H,7H2,1-2H3,(H2,15,16,19). The SMILES string of the molecule is COCOC(=O)C1=C(C)NC(=O)NC1c1cccc(O)c1. The number of methoxy groups -OCH3 is 1. The molecule has 7 nitrogen and oxygen atoms in total. The lowest BCUT2D eigenvalue weighted by molar-refractivity contribution is -0.149. The molecule has 1 atom stereocenters. The number of carbonyl (C=O) groups excluding carboxylic acids is 2. The zero-order valence-corrected chi connectivity index (χ0v) is 11.7. The van der Waals surface area contributed by atoms with E-state index in [9.17, 15) is 14.7 Å². The molecule has 2 amide bonds. The molecule has 1 heterocycles. The van der Waals surface area contributed by atoms with Crippen molar-refractivity contribution < 1.29 is 24.2 Å². The van der Waals surface area contributed by atoms with E-state index in [1.165, 1.54) is 19.2 Å². The van der Waals surface area contributed by atoms with Gasteiger partial charge >= 0.3 is 12.0 Å². The number of esters is 1. The molecule has 0 fully saturated rings. The van der Waals surface area contributed by atoms with Crippen LogP contribution in [-0.4, -0.2) is 31.0 Å². The molecule has 112 valence electrons. The average Bonchev–Trinajstić information content (AvgIpc) is 2.44. The molecule has 21 heavy (non-hydrogen) atoms. The predicted molar refractivity (Wildman–Crippen MR) is 73.2 cm³/mol. The van der Waals surface area contributed by atoms with Crippen LogP contribution in [-0.2, 0) is 14.3 Å². The summed E-state index contributed by atoms with van der Waals surface area (Å²) in [4.78, 5) is 23.8. The lowest BCUT2D eigenvalue weighted by Gasteiger charge is -2.28. The summed E-state index contributed by atoms with van der Waals surface area (Å²) in [5, 5.41) is 14.7. The first kappa shape index (κ1) is 14.9. The molecule has 1 aromatic carbocycles. The van der Waals surface area contributed by atoms with E-state index in [0.717, 1.165) is 0 Å². The normalized spacial score (nSPS) is 18.0. The number of allylic oxidation sites excluding steroid dienone is 1. The fourth-order valence-corrected chi connectivity index (χ4v) is 2.11. The van der Waals surface area contributed by atoms with Gasteiger partial charge in [-0.15, -0.1) is 0 Å². The van der Waals surface area contributed by atoms with Gasteiger partial charge in [-0.2, -0.15) is 0 Å². The second kappa shape index (κ2) is 6.27. The van der Waals surface area contributed by atoms with E-state index in [4.69, 9.17) is 9.47 Å².